The summed E-state index contributed by atoms with van der Waals surface area (Å²) in [5.41, 5.74) is 2.79. The van der Waals surface area contributed by atoms with Crippen molar-refractivity contribution in [3.63, 3.8) is 0 Å². The molecule has 1 saturated heterocycles. The van der Waals surface area contributed by atoms with E-state index in [1.54, 1.807) is 7.05 Å². The number of likely N-dealkylation sites (tertiary alicyclic amines) is 1. The number of nitrogens with one attached hydrogen (secondary N) is 1. The van der Waals surface area contributed by atoms with E-state index < -0.39 is 6.09 Å². The van der Waals surface area contributed by atoms with E-state index in [0.29, 0.717) is 17.7 Å². The summed E-state index contributed by atoms with van der Waals surface area (Å²) in [4.78, 5) is 13.8. The molecule has 1 heterocycles. The minimum Gasteiger partial charge on any atom is -0.410 e. The summed E-state index contributed by atoms with van der Waals surface area (Å²) in [5.74, 6) is 1.26. The van der Waals surface area contributed by atoms with Crippen LogP contribution in [0.5, 0.6) is 5.75 Å². The molecule has 1 aromatic rings. The number of benzene rings is 1. The molecule has 0 bridgehead atoms. The van der Waals surface area contributed by atoms with Crippen LogP contribution in [0.25, 0.3) is 0 Å². The number of carbonyl (C=O) groups is 1. The van der Waals surface area contributed by atoms with Crippen molar-refractivity contribution in [1.29, 1.82) is 0 Å². The van der Waals surface area contributed by atoms with Crippen LogP contribution in [0.2, 0.25) is 0 Å². The van der Waals surface area contributed by atoms with Crippen molar-refractivity contribution >= 4 is 6.09 Å². The fourth-order valence-electron chi connectivity index (χ4n) is 3.50. The van der Waals surface area contributed by atoms with Crippen molar-refractivity contribution in [2.24, 2.45) is 0 Å². The lowest BCUT2D eigenvalue weighted by Crippen LogP contribution is -2.30. The Labute approximate surface area is 113 Å². The number of rotatable bonds is 2. The Bertz CT molecular complexity index is 501. The topological polar surface area (TPSA) is 41.6 Å². The molecule has 1 amide bonds. The van der Waals surface area contributed by atoms with Gasteiger partial charge in [-0.15, -0.1) is 0 Å². The Balaban J connectivity index is 1.84. The van der Waals surface area contributed by atoms with Gasteiger partial charge in [-0.3, -0.25) is 4.90 Å². The summed E-state index contributed by atoms with van der Waals surface area (Å²) >= 11 is 0. The van der Waals surface area contributed by atoms with Crippen LogP contribution in [0, 0.1) is 0 Å². The van der Waals surface area contributed by atoms with Gasteiger partial charge in [-0.05, 0) is 49.2 Å². The predicted molar refractivity (Wildman–Crippen MR) is 73.6 cm³/mol. The van der Waals surface area contributed by atoms with Gasteiger partial charge in [0.05, 0.1) is 0 Å². The van der Waals surface area contributed by atoms with E-state index in [2.05, 4.69) is 29.3 Å². The lowest BCUT2D eigenvalue weighted by Gasteiger charge is -2.21. The summed E-state index contributed by atoms with van der Waals surface area (Å²) in [7, 11) is 1.57. The highest BCUT2D eigenvalue weighted by molar-refractivity contribution is 5.70. The van der Waals surface area contributed by atoms with E-state index in [9.17, 15) is 4.79 Å². The zero-order valence-corrected chi connectivity index (χ0v) is 11.5. The van der Waals surface area contributed by atoms with E-state index >= 15 is 0 Å². The van der Waals surface area contributed by atoms with Crippen molar-refractivity contribution in [3.8, 4) is 5.75 Å². The summed E-state index contributed by atoms with van der Waals surface area (Å²) in [6.45, 7) is 4.54. The minimum absolute atomic E-state index is 0.406. The maximum Gasteiger partial charge on any atom is 0.412 e. The van der Waals surface area contributed by atoms with Gasteiger partial charge in [-0.1, -0.05) is 13.0 Å². The fraction of sp³-hybridized carbons (Fsp3) is 0.533. The van der Waals surface area contributed by atoms with Crippen molar-refractivity contribution < 1.29 is 9.53 Å². The Morgan fingerprint density at radius 1 is 1.53 bits per heavy atom. The minimum atomic E-state index is -0.406. The molecule has 4 heteroatoms. The molecule has 0 aromatic heterocycles. The van der Waals surface area contributed by atoms with Gasteiger partial charge in [0, 0.05) is 19.0 Å². The number of fused-ring (bicyclic) bond motifs is 3. The predicted octanol–water partition coefficient (Wildman–Crippen LogP) is 2.14. The first-order valence-electron chi connectivity index (χ1n) is 6.99. The van der Waals surface area contributed by atoms with Crippen LogP contribution in [0.4, 0.5) is 4.79 Å². The molecule has 102 valence electrons. The molecule has 0 radical (unpaired) electrons. The molecular weight excluding hydrogens is 240 g/mol. The van der Waals surface area contributed by atoms with Crippen LogP contribution >= 0.6 is 0 Å². The second-order valence-electron chi connectivity index (χ2n) is 5.30. The quantitative estimate of drug-likeness (QED) is 0.885. The Hall–Kier alpha value is -1.55. The standard InChI is InChI=1S/C15H20N2O2/c1-3-17-7-6-12-13-9-11(19-15(18)16-2)5-4-10(13)8-14(12)17/h4-5,9,12,14H,3,6-8H2,1-2H3,(H,16,18)/t12-,14?/m0/s1. The SMILES string of the molecule is CCN1CC[C@H]2c3cc(OC(=O)NC)ccc3CC21. The molecule has 0 spiro atoms. The van der Waals surface area contributed by atoms with Gasteiger partial charge in [0.2, 0.25) is 0 Å². The normalized spacial score (nSPS) is 24.9. The Morgan fingerprint density at radius 3 is 3.11 bits per heavy atom. The third-order valence-electron chi connectivity index (χ3n) is 4.43. The smallest absolute Gasteiger partial charge is 0.410 e. The molecule has 1 fully saturated rings. The largest absolute Gasteiger partial charge is 0.412 e. The Kier molecular flexibility index (Phi) is 3.19. The van der Waals surface area contributed by atoms with E-state index in [4.69, 9.17) is 4.74 Å². The molecule has 3 rings (SSSR count). The second kappa shape index (κ2) is 4.85. The van der Waals surface area contributed by atoms with Crippen molar-refractivity contribution in [1.82, 2.24) is 10.2 Å². The van der Waals surface area contributed by atoms with Gasteiger partial charge >= 0.3 is 6.09 Å². The average Bonchev–Trinajstić information content (AvgIpc) is 2.97. The van der Waals surface area contributed by atoms with Crippen molar-refractivity contribution in [2.75, 3.05) is 20.1 Å². The zero-order valence-electron chi connectivity index (χ0n) is 11.5. The first-order chi connectivity index (χ1) is 9.22. The first kappa shape index (κ1) is 12.5. The highest BCUT2D eigenvalue weighted by Crippen LogP contribution is 2.43. The number of nitrogens with zero attached hydrogens (tertiary/aromatic N) is 1. The Morgan fingerprint density at radius 2 is 2.37 bits per heavy atom. The summed E-state index contributed by atoms with van der Waals surface area (Å²) in [6.07, 6.45) is 1.94. The third kappa shape index (κ3) is 2.10. The molecule has 4 nitrogen and oxygen atoms in total. The molecule has 0 saturated carbocycles. The van der Waals surface area contributed by atoms with E-state index in [0.717, 1.165) is 13.0 Å². The number of ether oxygens (including phenoxy) is 1. The molecule has 1 aliphatic carbocycles. The lowest BCUT2D eigenvalue weighted by molar-refractivity contribution is 0.203. The molecule has 19 heavy (non-hydrogen) atoms. The van der Waals surface area contributed by atoms with Gasteiger partial charge in [0.15, 0.2) is 0 Å². The first-order valence-corrected chi connectivity index (χ1v) is 6.99. The second-order valence-corrected chi connectivity index (χ2v) is 5.30. The fourth-order valence-corrected chi connectivity index (χ4v) is 3.50. The van der Waals surface area contributed by atoms with E-state index in [1.165, 1.54) is 24.1 Å². The molecule has 2 aliphatic rings. The number of hydrogen-bond donors (Lipinski definition) is 1. The van der Waals surface area contributed by atoms with Crippen LogP contribution in [0.1, 0.15) is 30.4 Å². The molecule has 1 aliphatic heterocycles. The van der Waals surface area contributed by atoms with E-state index in [1.807, 2.05) is 6.07 Å². The van der Waals surface area contributed by atoms with Crippen LogP contribution in [-0.4, -0.2) is 37.2 Å². The highest BCUT2D eigenvalue weighted by Gasteiger charge is 2.40. The maximum absolute atomic E-state index is 11.3. The van der Waals surface area contributed by atoms with Crippen molar-refractivity contribution in [2.45, 2.75) is 31.7 Å². The van der Waals surface area contributed by atoms with E-state index in [-0.39, 0.29) is 0 Å². The number of likely N-dealkylation sites (N-methyl/N-ethyl adjacent to an activating group) is 1. The van der Waals surface area contributed by atoms with Crippen LogP contribution in [0.15, 0.2) is 18.2 Å². The number of amides is 1. The number of carbonyl (C=O) groups excluding carboxylic acids is 1. The van der Waals surface area contributed by atoms with Crippen LogP contribution in [-0.2, 0) is 6.42 Å². The summed E-state index contributed by atoms with van der Waals surface area (Å²) < 4.78 is 5.23. The zero-order chi connectivity index (χ0) is 13.4. The molecular formula is C15H20N2O2. The monoisotopic (exact) mass is 260 g/mol. The highest BCUT2D eigenvalue weighted by atomic mass is 16.5. The van der Waals surface area contributed by atoms with Gasteiger partial charge < -0.3 is 10.1 Å². The summed E-state index contributed by atoms with van der Waals surface area (Å²) in [5, 5.41) is 2.47. The van der Waals surface area contributed by atoms with Gasteiger partial charge in [0.1, 0.15) is 5.75 Å². The summed E-state index contributed by atoms with van der Waals surface area (Å²) in [6, 6.07) is 6.70. The van der Waals surface area contributed by atoms with Crippen molar-refractivity contribution in [3.05, 3.63) is 29.3 Å². The molecule has 1 unspecified atom stereocenters. The third-order valence-corrected chi connectivity index (χ3v) is 4.43. The molecule has 1 N–H and O–H groups in total. The average molecular weight is 260 g/mol. The maximum atomic E-state index is 11.3. The van der Waals surface area contributed by atoms with Crippen LogP contribution < -0.4 is 10.1 Å². The number of hydrogen-bond acceptors (Lipinski definition) is 3. The lowest BCUT2D eigenvalue weighted by atomic mass is 9.98. The van der Waals surface area contributed by atoms with Gasteiger partial charge in [0.25, 0.3) is 0 Å². The molecule has 1 aromatic carbocycles. The van der Waals surface area contributed by atoms with Crippen LogP contribution in [0.3, 0.4) is 0 Å². The van der Waals surface area contributed by atoms with Gasteiger partial charge in [-0.2, -0.15) is 0 Å². The molecule has 2 atom stereocenters. The van der Waals surface area contributed by atoms with Gasteiger partial charge in [-0.25, -0.2) is 4.79 Å².